The molecule has 1 aromatic carbocycles. The standard InChI is InChI=1S/C13H15NO/c1-8-5-10(3)12(6-9(8)2)13-7-14-11(4)15-13/h5-7H,1-4H3. The fourth-order valence-electron chi connectivity index (χ4n) is 1.71. The molecule has 0 radical (unpaired) electrons. The SMILES string of the molecule is Cc1ncc(-c2cc(C)c(C)cc2C)o1. The van der Waals surface area contributed by atoms with E-state index in [1.807, 2.05) is 6.92 Å². The lowest BCUT2D eigenvalue weighted by Gasteiger charge is -2.06. The molecule has 0 bridgehead atoms. The Morgan fingerprint density at radius 2 is 1.60 bits per heavy atom. The summed E-state index contributed by atoms with van der Waals surface area (Å²) >= 11 is 0. The number of nitrogens with zero attached hydrogens (tertiary/aromatic N) is 1. The van der Waals surface area contributed by atoms with Crippen molar-refractivity contribution in [3.8, 4) is 11.3 Å². The summed E-state index contributed by atoms with van der Waals surface area (Å²) in [5.74, 6) is 1.57. The lowest BCUT2D eigenvalue weighted by atomic mass is 10.00. The molecular formula is C13H15NO. The Morgan fingerprint density at radius 1 is 0.933 bits per heavy atom. The molecule has 0 unspecified atom stereocenters. The van der Waals surface area contributed by atoms with Crippen molar-refractivity contribution >= 4 is 0 Å². The molecule has 0 aliphatic carbocycles. The van der Waals surface area contributed by atoms with Gasteiger partial charge in [0.05, 0.1) is 6.20 Å². The molecule has 0 atom stereocenters. The van der Waals surface area contributed by atoms with Gasteiger partial charge in [-0.15, -0.1) is 0 Å². The Hall–Kier alpha value is -1.57. The number of oxazole rings is 1. The molecule has 0 saturated heterocycles. The van der Waals surface area contributed by atoms with E-state index in [0.717, 1.165) is 11.3 Å². The van der Waals surface area contributed by atoms with Crippen molar-refractivity contribution in [3.05, 3.63) is 40.9 Å². The highest BCUT2D eigenvalue weighted by Gasteiger charge is 2.08. The van der Waals surface area contributed by atoms with Crippen LogP contribution in [0.4, 0.5) is 0 Å². The summed E-state index contributed by atoms with van der Waals surface area (Å²) in [6.45, 7) is 8.19. The van der Waals surface area contributed by atoms with Crippen LogP contribution < -0.4 is 0 Å². The Bertz CT molecular complexity index is 497. The summed E-state index contributed by atoms with van der Waals surface area (Å²) in [6.07, 6.45) is 1.78. The molecule has 1 aromatic heterocycles. The van der Waals surface area contributed by atoms with Crippen molar-refractivity contribution in [1.82, 2.24) is 4.98 Å². The van der Waals surface area contributed by atoms with E-state index in [1.54, 1.807) is 6.20 Å². The molecule has 0 fully saturated rings. The number of aryl methyl sites for hydroxylation is 4. The molecule has 0 spiro atoms. The second-order valence-electron chi connectivity index (χ2n) is 3.99. The first-order chi connectivity index (χ1) is 7.08. The fourth-order valence-corrected chi connectivity index (χ4v) is 1.71. The van der Waals surface area contributed by atoms with Crippen LogP contribution in [0.2, 0.25) is 0 Å². The normalized spacial score (nSPS) is 10.7. The fraction of sp³-hybridized carbons (Fsp3) is 0.308. The zero-order valence-corrected chi connectivity index (χ0v) is 9.59. The molecule has 78 valence electrons. The molecule has 15 heavy (non-hydrogen) atoms. The van der Waals surface area contributed by atoms with E-state index in [-0.39, 0.29) is 0 Å². The highest BCUT2D eigenvalue weighted by atomic mass is 16.4. The zero-order valence-electron chi connectivity index (χ0n) is 9.59. The smallest absolute Gasteiger partial charge is 0.191 e. The number of hydrogen-bond acceptors (Lipinski definition) is 2. The van der Waals surface area contributed by atoms with Crippen LogP contribution in [-0.2, 0) is 0 Å². The maximum atomic E-state index is 5.53. The summed E-state index contributed by atoms with van der Waals surface area (Å²) in [4.78, 5) is 4.12. The number of hydrogen-bond donors (Lipinski definition) is 0. The van der Waals surface area contributed by atoms with E-state index < -0.39 is 0 Å². The predicted octanol–water partition coefficient (Wildman–Crippen LogP) is 3.58. The van der Waals surface area contributed by atoms with Crippen LogP contribution >= 0.6 is 0 Å². The summed E-state index contributed by atoms with van der Waals surface area (Å²) in [7, 11) is 0. The lowest BCUT2D eigenvalue weighted by molar-refractivity contribution is 0.534. The van der Waals surface area contributed by atoms with Gasteiger partial charge in [-0.1, -0.05) is 6.07 Å². The van der Waals surface area contributed by atoms with Crippen molar-refractivity contribution in [1.29, 1.82) is 0 Å². The third-order valence-corrected chi connectivity index (χ3v) is 2.73. The van der Waals surface area contributed by atoms with Crippen LogP contribution in [0.25, 0.3) is 11.3 Å². The lowest BCUT2D eigenvalue weighted by Crippen LogP contribution is -1.87. The van der Waals surface area contributed by atoms with E-state index in [4.69, 9.17) is 4.42 Å². The minimum atomic E-state index is 0.711. The molecule has 0 aliphatic rings. The van der Waals surface area contributed by atoms with Gasteiger partial charge in [0.15, 0.2) is 11.7 Å². The van der Waals surface area contributed by atoms with Gasteiger partial charge in [-0.25, -0.2) is 4.98 Å². The van der Waals surface area contributed by atoms with Gasteiger partial charge in [-0.2, -0.15) is 0 Å². The van der Waals surface area contributed by atoms with Crippen molar-refractivity contribution in [2.24, 2.45) is 0 Å². The molecule has 0 saturated carbocycles. The third kappa shape index (κ3) is 1.80. The summed E-state index contributed by atoms with van der Waals surface area (Å²) in [5.41, 5.74) is 4.96. The van der Waals surface area contributed by atoms with Crippen molar-refractivity contribution in [2.45, 2.75) is 27.7 Å². The minimum Gasteiger partial charge on any atom is -0.441 e. The maximum Gasteiger partial charge on any atom is 0.191 e. The molecule has 2 nitrogen and oxygen atoms in total. The highest BCUT2D eigenvalue weighted by molar-refractivity contribution is 5.63. The molecule has 0 amide bonds. The van der Waals surface area contributed by atoms with Crippen molar-refractivity contribution in [3.63, 3.8) is 0 Å². The Kier molecular flexibility index (Phi) is 2.35. The van der Waals surface area contributed by atoms with E-state index in [9.17, 15) is 0 Å². The highest BCUT2D eigenvalue weighted by Crippen LogP contribution is 2.26. The van der Waals surface area contributed by atoms with Crippen LogP contribution in [0, 0.1) is 27.7 Å². The van der Waals surface area contributed by atoms with Crippen LogP contribution in [0.15, 0.2) is 22.7 Å². The second kappa shape index (κ2) is 3.54. The van der Waals surface area contributed by atoms with Crippen LogP contribution in [0.1, 0.15) is 22.6 Å². The number of benzene rings is 1. The summed E-state index contributed by atoms with van der Waals surface area (Å²) in [6, 6.07) is 4.34. The van der Waals surface area contributed by atoms with Gasteiger partial charge in [-0.05, 0) is 43.5 Å². The average molecular weight is 201 g/mol. The Morgan fingerprint density at radius 3 is 2.20 bits per heavy atom. The first-order valence-corrected chi connectivity index (χ1v) is 5.08. The molecule has 2 aromatic rings. The first-order valence-electron chi connectivity index (χ1n) is 5.08. The van der Waals surface area contributed by atoms with E-state index in [0.29, 0.717) is 5.89 Å². The Labute approximate surface area is 90.0 Å². The molecule has 0 aliphatic heterocycles. The van der Waals surface area contributed by atoms with Gasteiger partial charge in [0, 0.05) is 12.5 Å². The third-order valence-electron chi connectivity index (χ3n) is 2.73. The summed E-state index contributed by atoms with van der Waals surface area (Å²) < 4.78 is 5.53. The monoisotopic (exact) mass is 201 g/mol. The van der Waals surface area contributed by atoms with E-state index in [1.165, 1.54) is 16.7 Å². The number of rotatable bonds is 1. The largest absolute Gasteiger partial charge is 0.441 e. The van der Waals surface area contributed by atoms with Gasteiger partial charge in [0.1, 0.15) is 0 Å². The average Bonchev–Trinajstić information content (AvgIpc) is 2.58. The minimum absolute atomic E-state index is 0.711. The number of aromatic nitrogens is 1. The zero-order chi connectivity index (χ0) is 11.0. The topological polar surface area (TPSA) is 26.0 Å². The molecule has 1 heterocycles. The second-order valence-corrected chi connectivity index (χ2v) is 3.99. The van der Waals surface area contributed by atoms with E-state index in [2.05, 4.69) is 37.9 Å². The molecule has 2 heteroatoms. The molecule has 0 N–H and O–H groups in total. The van der Waals surface area contributed by atoms with Crippen molar-refractivity contribution in [2.75, 3.05) is 0 Å². The van der Waals surface area contributed by atoms with Gasteiger partial charge in [0.25, 0.3) is 0 Å². The maximum absolute atomic E-state index is 5.53. The van der Waals surface area contributed by atoms with Crippen molar-refractivity contribution < 1.29 is 4.42 Å². The predicted molar refractivity (Wildman–Crippen MR) is 60.9 cm³/mol. The van der Waals surface area contributed by atoms with Gasteiger partial charge in [-0.3, -0.25) is 0 Å². The summed E-state index contributed by atoms with van der Waals surface area (Å²) in [5, 5.41) is 0. The van der Waals surface area contributed by atoms with Gasteiger partial charge >= 0.3 is 0 Å². The van der Waals surface area contributed by atoms with Crippen LogP contribution in [0.5, 0.6) is 0 Å². The van der Waals surface area contributed by atoms with Gasteiger partial charge in [0.2, 0.25) is 0 Å². The Balaban J connectivity index is 2.58. The first kappa shape index (κ1) is 9.97. The van der Waals surface area contributed by atoms with Crippen LogP contribution in [-0.4, -0.2) is 4.98 Å². The molecule has 2 rings (SSSR count). The van der Waals surface area contributed by atoms with E-state index >= 15 is 0 Å². The quantitative estimate of drug-likeness (QED) is 0.704. The van der Waals surface area contributed by atoms with Crippen LogP contribution in [0.3, 0.4) is 0 Å². The van der Waals surface area contributed by atoms with Gasteiger partial charge < -0.3 is 4.42 Å². The molecular weight excluding hydrogens is 186 g/mol.